The Labute approximate surface area is 134 Å². The highest BCUT2D eigenvalue weighted by atomic mass is 16.2. The zero-order chi connectivity index (χ0) is 16.6. The number of hydrogen-bond donors (Lipinski definition) is 1. The number of pyridine rings is 1. The molecule has 1 aliphatic rings. The summed E-state index contributed by atoms with van der Waals surface area (Å²) in [6.07, 6.45) is 5.94. The zero-order valence-corrected chi connectivity index (χ0v) is 13.5. The highest BCUT2D eigenvalue weighted by molar-refractivity contribution is 5.94. The van der Waals surface area contributed by atoms with Gasteiger partial charge in [-0.1, -0.05) is 0 Å². The Hall–Kier alpha value is -2.21. The molecule has 1 saturated heterocycles. The van der Waals surface area contributed by atoms with Crippen molar-refractivity contribution in [2.24, 2.45) is 5.73 Å². The van der Waals surface area contributed by atoms with Crippen molar-refractivity contribution < 1.29 is 4.79 Å². The summed E-state index contributed by atoms with van der Waals surface area (Å²) in [5, 5.41) is 0. The molecule has 0 aromatic carbocycles. The number of rotatable bonds is 2. The second kappa shape index (κ2) is 6.12. The molecule has 0 bridgehead atoms. The molecule has 0 aliphatic carbocycles. The summed E-state index contributed by atoms with van der Waals surface area (Å²) in [5.74, 6) is -0.264. The Morgan fingerprint density at radius 2 is 2.22 bits per heavy atom. The van der Waals surface area contributed by atoms with E-state index in [1.54, 1.807) is 11.1 Å². The maximum Gasteiger partial charge on any atom is 0.270 e. The maximum atomic E-state index is 12.9. The number of nitrogens with zero attached hydrogens (tertiary/aromatic N) is 3. The molecule has 2 N–H and O–H groups in total. The lowest BCUT2D eigenvalue weighted by molar-refractivity contribution is 0.0581. The monoisotopic (exact) mass is 314 g/mol. The minimum atomic E-state index is -0.325. The number of carbonyl (C=O) groups is 1. The topological polar surface area (TPSA) is 80.7 Å². The fourth-order valence-corrected chi connectivity index (χ4v) is 3.23. The number of carbonyl (C=O) groups excluding carboxylic acids is 1. The fourth-order valence-electron chi connectivity index (χ4n) is 3.23. The van der Waals surface area contributed by atoms with Crippen molar-refractivity contribution in [1.29, 1.82) is 0 Å². The molecule has 2 aromatic heterocycles. The van der Waals surface area contributed by atoms with Crippen molar-refractivity contribution in [2.75, 3.05) is 6.54 Å². The molecular formula is C17H22N4O2. The summed E-state index contributed by atoms with van der Waals surface area (Å²) < 4.78 is 1.42. The van der Waals surface area contributed by atoms with Gasteiger partial charge < -0.3 is 10.6 Å². The van der Waals surface area contributed by atoms with E-state index in [0.717, 1.165) is 24.8 Å². The smallest absolute Gasteiger partial charge is 0.270 e. The van der Waals surface area contributed by atoms with Gasteiger partial charge in [-0.15, -0.1) is 0 Å². The summed E-state index contributed by atoms with van der Waals surface area (Å²) in [6.45, 7) is 4.48. The summed E-state index contributed by atoms with van der Waals surface area (Å²) in [6, 6.07) is 3.52. The van der Waals surface area contributed by atoms with Gasteiger partial charge in [0.15, 0.2) is 0 Å². The van der Waals surface area contributed by atoms with Crippen LogP contribution in [-0.2, 0) is 0 Å². The molecule has 1 fully saturated rings. The van der Waals surface area contributed by atoms with Crippen LogP contribution in [0.15, 0.2) is 29.3 Å². The molecule has 3 heterocycles. The predicted molar refractivity (Wildman–Crippen MR) is 88.5 cm³/mol. The zero-order valence-electron chi connectivity index (χ0n) is 13.5. The lowest BCUT2D eigenvalue weighted by Gasteiger charge is -2.37. The highest BCUT2D eigenvalue weighted by Gasteiger charge is 2.31. The standard InChI is InChI=1S/C17H22N4O2/c1-11-6-8-21-15(9-11)19-10-13(17(21)23)16(22)20-7-4-3-5-14(20)12(2)18/h6,8-10,12,14H,3-5,7,18H2,1-2H3/t12-,14+/m0/s1. The Morgan fingerprint density at radius 3 is 2.96 bits per heavy atom. The number of aromatic nitrogens is 2. The van der Waals surface area contributed by atoms with Crippen molar-refractivity contribution in [2.45, 2.75) is 45.2 Å². The van der Waals surface area contributed by atoms with E-state index in [2.05, 4.69) is 4.98 Å². The van der Waals surface area contributed by atoms with Gasteiger partial charge in [0.1, 0.15) is 11.2 Å². The summed E-state index contributed by atoms with van der Waals surface area (Å²) in [5.41, 5.74) is 7.38. The average Bonchev–Trinajstić information content (AvgIpc) is 2.54. The average molecular weight is 314 g/mol. The Balaban J connectivity index is 2.02. The molecule has 122 valence electrons. The van der Waals surface area contributed by atoms with Crippen molar-refractivity contribution >= 4 is 11.6 Å². The molecule has 2 atom stereocenters. The molecule has 0 saturated carbocycles. The predicted octanol–water partition coefficient (Wildman–Crippen LogP) is 1.34. The normalized spacial score (nSPS) is 19.8. The second-order valence-corrected chi connectivity index (χ2v) is 6.33. The third-order valence-electron chi connectivity index (χ3n) is 4.51. The molecule has 2 aromatic rings. The largest absolute Gasteiger partial charge is 0.334 e. The van der Waals surface area contributed by atoms with Gasteiger partial charge in [-0.25, -0.2) is 4.98 Å². The maximum absolute atomic E-state index is 12.9. The van der Waals surface area contributed by atoms with E-state index in [1.807, 2.05) is 26.0 Å². The molecule has 0 radical (unpaired) electrons. The van der Waals surface area contributed by atoms with Crippen LogP contribution in [0.4, 0.5) is 0 Å². The van der Waals surface area contributed by atoms with E-state index in [9.17, 15) is 9.59 Å². The van der Waals surface area contributed by atoms with Crippen LogP contribution in [0.3, 0.4) is 0 Å². The van der Waals surface area contributed by atoms with E-state index in [0.29, 0.717) is 12.2 Å². The third kappa shape index (κ3) is 2.86. The molecule has 0 unspecified atom stereocenters. The molecule has 0 spiro atoms. The Kier molecular flexibility index (Phi) is 4.17. The van der Waals surface area contributed by atoms with Crippen molar-refractivity contribution in [3.63, 3.8) is 0 Å². The van der Waals surface area contributed by atoms with Crippen LogP contribution in [0.25, 0.3) is 5.65 Å². The first-order chi connectivity index (χ1) is 11.0. The number of amides is 1. The van der Waals surface area contributed by atoms with Crippen LogP contribution in [0.1, 0.15) is 42.1 Å². The van der Waals surface area contributed by atoms with Crippen LogP contribution in [0.5, 0.6) is 0 Å². The van der Waals surface area contributed by atoms with Gasteiger partial charge >= 0.3 is 0 Å². The lowest BCUT2D eigenvalue weighted by Crippen LogP contribution is -2.52. The molecule has 1 aliphatic heterocycles. The second-order valence-electron chi connectivity index (χ2n) is 6.33. The summed E-state index contributed by atoms with van der Waals surface area (Å²) in [4.78, 5) is 31.5. The lowest BCUT2D eigenvalue weighted by atomic mass is 9.96. The molecule has 3 rings (SSSR count). The van der Waals surface area contributed by atoms with Crippen molar-refractivity contribution in [3.05, 3.63) is 46.0 Å². The van der Waals surface area contributed by atoms with Gasteiger partial charge in [0, 0.05) is 31.0 Å². The number of nitrogens with two attached hydrogens (primary N) is 1. The molecular weight excluding hydrogens is 292 g/mol. The SMILES string of the molecule is Cc1ccn2c(=O)c(C(=O)N3CCCC[C@@H]3[C@H](C)N)cnc2c1. The van der Waals surface area contributed by atoms with Crippen LogP contribution in [-0.4, -0.2) is 38.8 Å². The van der Waals surface area contributed by atoms with E-state index in [-0.39, 0.29) is 29.1 Å². The molecule has 6 heteroatoms. The van der Waals surface area contributed by atoms with E-state index in [1.165, 1.54) is 10.6 Å². The van der Waals surface area contributed by atoms with Crippen LogP contribution in [0, 0.1) is 6.92 Å². The Morgan fingerprint density at radius 1 is 1.43 bits per heavy atom. The van der Waals surface area contributed by atoms with Gasteiger partial charge in [0.25, 0.3) is 11.5 Å². The minimum Gasteiger partial charge on any atom is -0.334 e. The van der Waals surface area contributed by atoms with Crippen LogP contribution in [0.2, 0.25) is 0 Å². The highest BCUT2D eigenvalue weighted by Crippen LogP contribution is 2.20. The summed E-state index contributed by atoms with van der Waals surface area (Å²) in [7, 11) is 0. The van der Waals surface area contributed by atoms with Gasteiger partial charge in [0.2, 0.25) is 0 Å². The fraction of sp³-hybridized carbons (Fsp3) is 0.471. The number of likely N-dealkylation sites (tertiary alicyclic amines) is 1. The molecule has 1 amide bonds. The third-order valence-corrected chi connectivity index (χ3v) is 4.51. The minimum absolute atomic E-state index is 0.0191. The van der Waals surface area contributed by atoms with Crippen LogP contribution < -0.4 is 11.3 Å². The van der Waals surface area contributed by atoms with E-state index < -0.39 is 0 Å². The molecule has 6 nitrogen and oxygen atoms in total. The number of fused-ring (bicyclic) bond motifs is 1. The van der Waals surface area contributed by atoms with E-state index >= 15 is 0 Å². The first kappa shape index (κ1) is 15.7. The number of aryl methyl sites for hydroxylation is 1. The number of piperidine rings is 1. The van der Waals surface area contributed by atoms with Crippen molar-refractivity contribution in [1.82, 2.24) is 14.3 Å². The summed E-state index contributed by atoms with van der Waals surface area (Å²) >= 11 is 0. The molecule has 23 heavy (non-hydrogen) atoms. The first-order valence-electron chi connectivity index (χ1n) is 8.03. The van der Waals surface area contributed by atoms with Gasteiger partial charge in [0.05, 0.1) is 0 Å². The number of hydrogen-bond acceptors (Lipinski definition) is 4. The quantitative estimate of drug-likeness (QED) is 0.907. The van der Waals surface area contributed by atoms with Crippen molar-refractivity contribution in [3.8, 4) is 0 Å². The van der Waals surface area contributed by atoms with Gasteiger partial charge in [-0.05, 0) is 50.8 Å². The van der Waals surface area contributed by atoms with E-state index in [4.69, 9.17) is 5.73 Å². The first-order valence-corrected chi connectivity index (χ1v) is 8.03. The van der Waals surface area contributed by atoms with Gasteiger partial charge in [-0.2, -0.15) is 0 Å². The van der Waals surface area contributed by atoms with Crippen LogP contribution >= 0.6 is 0 Å². The Bertz CT molecular complexity index is 797. The van der Waals surface area contributed by atoms with Gasteiger partial charge in [-0.3, -0.25) is 14.0 Å².